The van der Waals surface area contributed by atoms with E-state index in [0.29, 0.717) is 25.9 Å². The summed E-state index contributed by atoms with van der Waals surface area (Å²) >= 11 is 2.54. The molecule has 1 aliphatic heterocycles. The number of alkyl halides is 1. The minimum atomic E-state index is -1.50. The van der Waals surface area contributed by atoms with Gasteiger partial charge in [0.15, 0.2) is 11.4 Å². The first-order valence-corrected chi connectivity index (χ1v) is 14.7. The Hall–Kier alpha value is -1.25. The maximum atomic E-state index is 14.2. The number of ketones is 1. The van der Waals surface area contributed by atoms with Crippen LogP contribution >= 0.6 is 22.6 Å². The monoisotopic (exact) mass is 603 g/mol. The molecule has 1 aromatic carbocycles. The summed E-state index contributed by atoms with van der Waals surface area (Å²) in [5.41, 5.74) is 1.20. The highest BCUT2D eigenvalue weighted by Crippen LogP contribution is 2.72. The van der Waals surface area contributed by atoms with Crippen molar-refractivity contribution >= 4 is 34.3 Å². The van der Waals surface area contributed by atoms with Gasteiger partial charge in [0.1, 0.15) is 0 Å². The maximum Gasteiger partial charge on any atom is 0.255 e. The predicted octanol–water partition coefficient (Wildman–Crippen LogP) is 4.61. The Labute approximate surface area is 227 Å². The lowest BCUT2D eigenvalue weighted by molar-refractivity contribution is -0.188. The molecule has 5 nitrogen and oxygen atoms in total. The van der Waals surface area contributed by atoms with E-state index >= 15 is 0 Å². The number of hydrogen-bond acceptors (Lipinski definition) is 4. The Kier molecular flexibility index (Phi) is 5.65. The third-order valence-electron chi connectivity index (χ3n) is 11.4. The number of halogens is 1. The van der Waals surface area contributed by atoms with E-state index in [-0.39, 0.29) is 34.9 Å². The number of benzene rings is 1. The van der Waals surface area contributed by atoms with Crippen molar-refractivity contribution in [2.45, 2.75) is 87.4 Å². The van der Waals surface area contributed by atoms with Gasteiger partial charge in [-0.25, -0.2) is 0 Å². The number of fused-ring (bicyclic) bond motifs is 6. The number of rotatable bonds is 1. The van der Waals surface area contributed by atoms with Crippen LogP contribution in [0.2, 0.25) is 0 Å². The van der Waals surface area contributed by atoms with Gasteiger partial charge < -0.3 is 15.1 Å². The average molecular weight is 604 g/mol. The smallest absolute Gasteiger partial charge is 0.255 e. The first kappa shape index (κ1) is 25.1. The highest BCUT2D eigenvalue weighted by molar-refractivity contribution is 14.1. The van der Waals surface area contributed by atoms with Crippen LogP contribution in [0.1, 0.15) is 70.4 Å². The zero-order valence-corrected chi connectivity index (χ0v) is 23.8. The molecule has 3 saturated carbocycles. The molecule has 1 amide bonds. The summed E-state index contributed by atoms with van der Waals surface area (Å²) < 4.78 is -0.405. The fraction of sp³-hybridized carbons (Fsp3) is 0.667. The third kappa shape index (κ3) is 3.01. The van der Waals surface area contributed by atoms with Crippen molar-refractivity contribution < 1.29 is 19.8 Å². The van der Waals surface area contributed by atoms with Crippen molar-refractivity contribution in [3.8, 4) is 0 Å². The van der Waals surface area contributed by atoms with Gasteiger partial charge in [0.05, 0.1) is 9.53 Å². The van der Waals surface area contributed by atoms with Gasteiger partial charge >= 0.3 is 0 Å². The molecule has 6 rings (SSSR count). The summed E-state index contributed by atoms with van der Waals surface area (Å²) in [7, 11) is 0. The minimum absolute atomic E-state index is 0.148. The molecule has 0 bridgehead atoms. The van der Waals surface area contributed by atoms with E-state index < -0.39 is 20.5 Å². The molecule has 3 fully saturated rings. The molecule has 5 aliphatic rings. The molecule has 0 saturated heterocycles. The number of allylic oxidation sites excluding steroid dienone is 1. The molecular formula is C30H38INO4. The first-order chi connectivity index (χ1) is 17.0. The van der Waals surface area contributed by atoms with Crippen LogP contribution < -0.4 is 0 Å². The van der Waals surface area contributed by atoms with Crippen molar-refractivity contribution in [2.24, 2.45) is 28.6 Å². The van der Waals surface area contributed by atoms with E-state index in [0.717, 1.165) is 37.7 Å². The standard InChI is InChI=1S/C30H38INO4/c1-18-14-24-23-9-8-21-15-22(33)10-12-27(21,2)29(23,31)25(34)16-28(24,3)30(18,36)26(35)32-13-11-19-6-4-5-7-20(19)17-32/h4-7,15,18,23-25,34,36H,8-14,16-17H2,1-3H3/t18-,23?,24?,25+,27?,28?,29+,30+/m1/s1. The number of aliphatic hydroxyl groups is 2. The summed E-state index contributed by atoms with van der Waals surface area (Å²) in [6, 6.07) is 8.27. The second kappa shape index (κ2) is 8.12. The van der Waals surface area contributed by atoms with Crippen molar-refractivity contribution in [3.63, 3.8) is 0 Å². The first-order valence-electron chi connectivity index (χ1n) is 13.7. The number of hydrogen-bond donors (Lipinski definition) is 2. The molecular weight excluding hydrogens is 565 g/mol. The van der Waals surface area contributed by atoms with Crippen LogP contribution in [0.15, 0.2) is 35.9 Å². The van der Waals surface area contributed by atoms with E-state index in [4.69, 9.17) is 0 Å². The van der Waals surface area contributed by atoms with Crippen molar-refractivity contribution in [1.29, 1.82) is 0 Å². The van der Waals surface area contributed by atoms with Crippen LogP contribution in [0, 0.1) is 28.6 Å². The molecule has 194 valence electrons. The Balaban J connectivity index is 1.36. The Bertz CT molecular complexity index is 1170. The second-order valence-electron chi connectivity index (χ2n) is 12.8. The molecule has 0 spiro atoms. The van der Waals surface area contributed by atoms with E-state index in [1.165, 1.54) is 11.1 Å². The zero-order valence-electron chi connectivity index (χ0n) is 21.6. The predicted molar refractivity (Wildman–Crippen MR) is 146 cm³/mol. The molecule has 8 atom stereocenters. The second-order valence-corrected chi connectivity index (χ2v) is 14.6. The minimum Gasteiger partial charge on any atom is -0.392 e. The van der Waals surface area contributed by atoms with Gasteiger partial charge in [-0.3, -0.25) is 9.59 Å². The number of aliphatic hydroxyl groups excluding tert-OH is 1. The van der Waals surface area contributed by atoms with Crippen LogP contribution in [0.4, 0.5) is 0 Å². The zero-order chi connectivity index (χ0) is 25.7. The molecule has 0 radical (unpaired) electrons. The quantitative estimate of drug-likeness (QED) is 0.363. The van der Waals surface area contributed by atoms with Crippen LogP contribution in [0.3, 0.4) is 0 Å². The van der Waals surface area contributed by atoms with Gasteiger partial charge in [-0.15, -0.1) is 0 Å². The number of carbonyl (C=O) groups excluding carboxylic acids is 2. The molecule has 4 unspecified atom stereocenters. The molecule has 1 heterocycles. The SMILES string of the molecule is C[C@@H]1CC2C3CCC4=CC(=O)CCC4(C)[C@@]3(I)[C@@H](O)CC2(C)[C@@]1(O)C(=O)N1CCc2ccccc2C1. The largest absolute Gasteiger partial charge is 0.392 e. The van der Waals surface area contributed by atoms with Gasteiger partial charge in [0, 0.05) is 30.3 Å². The van der Waals surface area contributed by atoms with Gasteiger partial charge in [-0.1, -0.05) is 73.2 Å². The van der Waals surface area contributed by atoms with Crippen LogP contribution in [0.5, 0.6) is 0 Å². The lowest BCUT2D eigenvalue weighted by atomic mass is 9.45. The third-order valence-corrected chi connectivity index (χ3v) is 14.1. The highest BCUT2D eigenvalue weighted by Gasteiger charge is 2.75. The Morgan fingerprint density at radius 2 is 1.83 bits per heavy atom. The fourth-order valence-electron chi connectivity index (χ4n) is 9.27. The molecule has 4 aliphatic carbocycles. The molecule has 6 heteroatoms. The fourth-order valence-corrected chi connectivity index (χ4v) is 10.9. The number of amides is 1. The maximum absolute atomic E-state index is 14.2. The van der Waals surface area contributed by atoms with Crippen molar-refractivity contribution in [3.05, 3.63) is 47.0 Å². The van der Waals surface area contributed by atoms with Gasteiger partial charge in [0.2, 0.25) is 0 Å². The summed E-state index contributed by atoms with van der Waals surface area (Å²) in [5, 5.41) is 24.4. The topological polar surface area (TPSA) is 77.8 Å². The normalized spacial score (nSPS) is 45.8. The van der Waals surface area contributed by atoms with E-state index in [9.17, 15) is 19.8 Å². The molecule has 2 N–H and O–H groups in total. The summed E-state index contributed by atoms with van der Waals surface area (Å²) in [4.78, 5) is 28.3. The van der Waals surface area contributed by atoms with Gasteiger partial charge in [-0.2, -0.15) is 0 Å². The van der Waals surface area contributed by atoms with Crippen LogP contribution in [-0.4, -0.2) is 48.5 Å². The van der Waals surface area contributed by atoms with Gasteiger partial charge in [-0.05, 0) is 73.5 Å². The van der Waals surface area contributed by atoms with E-state index in [1.807, 2.05) is 30.0 Å². The number of nitrogens with zero attached hydrogens (tertiary/aromatic N) is 1. The average Bonchev–Trinajstić information content (AvgIpc) is 3.06. The number of carbonyl (C=O) groups is 2. The lowest BCUT2D eigenvalue weighted by Gasteiger charge is -2.65. The van der Waals surface area contributed by atoms with Gasteiger partial charge in [0.25, 0.3) is 5.91 Å². The van der Waals surface area contributed by atoms with Crippen molar-refractivity contribution in [2.75, 3.05) is 6.54 Å². The Morgan fingerprint density at radius 1 is 1.11 bits per heavy atom. The summed E-state index contributed by atoms with van der Waals surface area (Å²) in [6.45, 7) is 7.52. The van der Waals surface area contributed by atoms with E-state index in [2.05, 4.69) is 48.6 Å². The molecule has 0 aromatic heterocycles. The lowest BCUT2D eigenvalue weighted by Crippen LogP contribution is -2.70. The van der Waals surface area contributed by atoms with E-state index in [1.54, 1.807) is 0 Å². The summed E-state index contributed by atoms with van der Waals surface area (Å²) in [5.74, 6) is 0.200. The summed E-state index contributed by atoms with van der Waals surface area (Å²) in [6.07, 6.45) is 6.25. The van der Waals surface area contributed by atoms with Crippen LogP contribution in [-0.2, 0) is 22.6 Å². The molecule has 1 aromatic rings. The Morgan fingerprint density at radius 3 is 2.58 bits per heavy atom. The van der Waals surface area contributed by atoms with Crippen molar-refractivity contribution in [1.82, 2.24) is 4.90 Å². The molecule has 36 heavy (non-hydrogen) atoms. The highest BCUT2D eigenvalue weighted by atomic mass is 127. The van der Waals surface area contributed by atoms with Crippen LogP contribution in [0.25, 0.3) is 0 Å².